The van der Waals surface area contributed by atoms with Gasteiger partial charge >= 0.3 is 0 Å². The van der Waals surface area contributed by atoms with Gasteiger partial charge in [-0.2, -0.15) is 0 Å². The average molecular weight is 522 g/mol. The molecule has 6 aromatic rings. The fourth-order valence-corrected chi connectivity index (χ4v) is 4.71. The molecule has 0 N–H and O–H groups in total. The quantitative estimate of drug-likeness (QED) is 0.209. The van der Waals surface area contributed by atoms with Crippen molar-refractivity contribution in [1.29, 1.82) is 0 Å². The standard InChI is InChI=1S/C40H27N/c1-3-17-37(18-4-1)41(38-19-5-2-6-20-38)39-30-28-34(29-31-39)27-26-33-24-22-32(23-25-33)12-7-8-13-35-15-11-16-36-14-9-10-21-40(35)36/h1-7,9-12,14-25,28-31H/b12-7-. The van der Waals surface area contributed by atoms with Gasteiger partial charge in [-0.15, -0.1) is 0 Å². The molecule has 0 bridgehead atoms. The Hall–Kier alpha value is -5.76. The van der Waals surface area contributed by atoms with Crippen LogP contribution in [0.25, 0.3) is 16.8 Å². The molecule has 0 amide bonds. The minimum Gasteiger partial charge on any atom is -0.311 e. The second-order valence-corrected chi connectivity index (χ2v) is 9.55. The van der Waals surface area contributed by atoms with Gasteiger partial charge < -0.3 is 4.90 Å². The number of hydrogen-bond acceptors (Lipinski definition) is 1. The van der Waals surface area contributed by atoms with Crippen molar-refractivity contribution in [1.82, 2.24) is 0 Å². The Morgan fingerprint density at radius 1 is 0.439 bits per heavy atom. The summed E-state index contributed by atoms with van der Waals surface area (Å²) in [5.41, 5.74) is 7.41. The van der Waals surface area contributed by atoms with E-state index >= 15 is 0 Å². The lowest BCUT2D eigenvalue weighted by Gasteiger charge is -2.25. The normalized spacial score (nSPS) is 10.4. The van der Waals surface area contributed by atoms with Crippen molar-refractivity contribution >= 4 is 33.9 Å². The van der Waals surface area contributed by atoms with Crippen molar-refractivity contribution in [3.8, 4) is 23.7 Å². The molecule has 6 aromatic carbocycles. The van der Waals surface area contributed by atoms with Crippen LogP contribution in [0.4, 0.5) is 17.1 Å². The van der Waals surface area contributed by atoms with Crippen LogP contribution in [0.15, 0.2) is 158 Å². The number of rotatable bonds is 4. The molecule has 0 fully saturated rings. The Morgan fingerprint density at radius 2 is 0.976 bits per heavy atom. The molecule has 0 spiro atoms. The lowest BCUT2D eigenvalue weighted by Crippen LogP contribution is -2.09. The predicted molar refractivity (Wildman–Crippen MR) is 173 cm³/mol. The molecule has 0 aromatic heterocycles. The van der Waals surface area contributed by atoms with Crippen molar-refractivity contribution in [3.05, 3.63) is 180 Å². The van der Waals surface area contributed by atoms with E-state index in [2.05, 4.69) is 144 Å². The van der Waals surface area contributed by atoms with E-state index in [-0.39, 0.29) is 0 Å². The maximum Gasteiger partial charge on any atom is 0.0462 e. The summed E-state index contributed by atoms with van der Waals surface area (Å²) < 4.78 is 0. The lowest BCUT2D eigenvalue weighted by molar-refractivity contribution is 1.28. The lowest BCUT2D eigenvalue weighted by atomic mass is 10.1. The highest BCUT2D eigenvalue weighted by molar-refractivity contribution is 5.88. The molecule has 1 heteroatoms. The topological polar surface area (TPSA) is 3.24 Å². The Bertz CT molecular complexity index is 1870. The number of benzene rings is 6. The minimum absolute atomic E-state index is 0.975. The van der Waals surface area contributed by atoms with Crippen LogP contribution in [0, 0.1) is 23.7 Å². The molecule has 6 rings (SSSR count). The maximum atomic E-state index is 3.30. The van der Waals surface area contributed by atoms with Gasteiger partial charge in [0.1, 0.15) is 0 Å². The van der Waals surface area contributed by atoms with Crippen molar-refractivity contribution in [2.24, 2.45) is 0 Å². The number of anilines is 3. The Balaban J connectivity index is 1.14. The van der Waals surface area contributed by atoms with E-state index in [0.717, 1.165) is 39.3 Å². The molecule has 41 heavy (non-hydrogen) atoms. The van der Waals surface area contributed by atoms with Crippen molar-refractivity contribution in [3.63, 3.8) is 0 Å². The fourth-order valence-electron chi connectivity index (χ4n) is 4.71. The molecule has 1 nitrogen and oxygen atoms in total. The summed E-state index contributed by atoms with van der Waals surface area (Å²) in [6.45, 7) is 0. The van der Waals surface area contributed by atoms with Crippen molar-refractivity contribution in [2.75, 3.05) is 4.90 Å². The van der Waals surface area contributed by atoms with Gasteiger partial charge in [0.2, 0.25) is 0 Å². The van der Waals surface area contributed by atoms with E-state index in [0.29, 0.717) is 0 Å². The van der Waals surface area contributed by atoms with Crippen molar-refractivity contribution < 1.29 is 0 Å². The molecule has 0 atom stereocenters. The summed E-state index contributed by atoms with van der Waals surface area (Å²) in [5, 5.41) is 2.38. The molecule has 0 aliphatic carbocycles. The monoisotopic (exact) mass is 521 g/mol. The molecule has 0 aliphatic rings. The third-order valence-electron chi connectivity index (χ3n) is 6.77. The zero-order chi connectivity index (χ0) is 27.7. The number of allylic oxidation sites excluding steroid dienone is 1. The van der Waals surface area contributed by atoms with Gasteiger partial charge in [0.25, 0.3) is 0 Å². The Labute approximate surface area is 242 Å². The second-order valence-electron chi connectivity index (χ2n) is 9.55. The molecule has 192 valence electrons. The highest BCUT2D eigenvalue weighted by Crippen LogP contribution is 2.34. The molecular weight excluding hydrogens is 494 g/mol. The van der Waals surface area contributed by atoms with E-state index in [1.54, 1.807) is 0 Å². The zero-order valence-electron chi connectivity index (χ0n) is 22.5. The summed E-state index contributed by atoms with van der Waals surface area (Å²) in [4.78, 5) is 2.25. The molecule has 0 unspecified atom stereocenters. The summed E-state index contributed by atoms with van der Waals surface area (Å²) in [5.74, 6) is 13.0. The SMILES string of the molecule is C(#Cc1cccc2ccccc12)/C=C\c1ccc(C#Cc2ccc(N(c3ccccc3)c3ccccc3)cc2)cc1. The largest absolute Gasteiger partial charge is 0.311 e. The molecule has 0 saturated carbocycles. The number of fused-ring (bicyclic) bond motifs is 1. The van der Waals surface area contributed by atoms with Gasteiger partial charge in [0.15, 0.2) is 0 Å². The van der Waals surface area contributed by atoms with E-state index < -0.39 is 0 Å². The van der Waals surface area contributed by atoms with E-state index in [4.69, 9.17) is 0 Å². The first-order chi connectivity index (χ1) is 20.3. The minimum atomic E-state index is 0.975. The molecule has 0 aliphatic heterocycles. The summed E-state index contributed by atoms with van der Waals surface area (Å²) >= 11 is 0. The molecular formula is C40H27N. The highest BCUT2D eigenvalue weighted by Gasteiger charge is 2.11. The molecule has 0 saturated heterocycles. The summed E-state index contributed by atoms with van der Waals surface area (Å²) in [7, 11) is 0. The summed E-state index contributed by atoms with van der Waals surface area (Å²) in [6, 6.07) is 52.0. The van der Waals surface area contributed by atoms with Crippen LogP contribution in [0.1, 0.15) is 22.3 Å². The first-order valence-electron chi connectivity index (χ1n) is 13.6. The van der Waals surface area contributed by atoms with Crippen molar-refractivity contribution in [2.45, 2.75) is 0 Å². The Morgan fingerprint density at radius 3 is 1.63 bits per heavy atom. The van der Waals surface area contributed by atoms with Gasteiger partial charge in [-0.1, -0.05) is 109 Å². The van der Waals surface area contributed by atoms with Gasteiger partial charge in [-0.3, -0.25) is 0 Å². The third kappa shape index (κ3) is 6.29. The number of para-hydroxylation sites is 2. The number of nitrogens with zero attached hydrogens (tertiary/aromatic N) is 1. The zero-order valence-corrected chi connectivity index (χ0v) is 22.5. The summed E-state index contributed by atoms with van der Waals surface area (Å²) in [6.07, 6.45) is 3.93. The predicted octanol–water partition coefficient (Wildman–Crippen LogP) is 9.77. The van der Waals surface area contributed by atoms with Gasteiger partial charge in [-0.05, 0) is 95.2 Å². The van der Waals surface area contributed by atoms with Crippen LogP contribution in [0.3, 0.4) is 0 Å². The van der Waals surface area contributed by atoms with Crippen LogP contribution < -0.4 is 4.90 Å². The van der Waals surface area contributed by atoms with E-state index in [1.807, 2.05) is 48.6 Å². The van der Waals surface area contributed by atoms with E-state index in [1.165, 1.54) is 10.8 Å². The fraction of sp³-hybridized carbons (Fsp3) is 0. The van der Waals surface area contributed by atoms with Crippen LogP contribution >= 0.6 is 0 Å². The first-order valence-corrected chi connectivity index (χ1v) is 13.6. The van der Waals surface area contributed by atoms with Gasteiger partial charge in [0.05, 0.1) is 0 Å². The van der Waals surface area contributed by atoms with Gasteiger partial charge in [-0.25, -0.2) is 0 Å². The van der Waals surface area contributed by atoms with Crippen LogP contribution in [0.5, 0.6) is 0 Å². The van der Waals surface area contributed by atoms with Gasteiger partial charge in [0, 0.05) is 33.8 Å². The first kappa shape index (κ1) is 25.5. The second kappa shape index (κ2) is 12.4. The highest BCUT2D eigenvalue weighted by atomic mass is 15.1. The average Bonchev–Trinajstić information content (AvgIpc) is 3.04. The Kier molecular flexibility index (Phi) is 7.72. The maximum absolute atomic E-state index is 3.30. The smallest absolute Gasteiger partial charge is 0.0462 e. The van der Waals surface area contributed by atoms with Crippen LogP contribution in [-0.2, 0) is 0 Å². The van der Waals surface area contributed by atoms with Crippen LogP contribution in [-0.4, -0.2) is 0 Å². The van der Waals surface area contributed by atoms with E-state index in [9.17, 15) is 0 Å². The molecule has 0 heterocycles. The third-order valence-corrected chi connectivity index (χ3v) is 6.77. The number of hydrogen-bond donors (Lipinski definition) is 0. The van der Waals surface area contributed by atoms with Crippen LogP contribution in [0.2, 0.25) is 0 Å². The molecule has 0 radical (unpaired) electrons.